The van der Waals surface area contributed by atoms with Crippen LogP contribution in [0.4, 0.5) is 8.78 Å². The lowest BCUT2D eigenvalue weighted by molar-refractivity contribution is 0.0736. The van der Waals surface area contributed by atoms with E-state index in [1.807, 2.05) is 40.6 Å². The highest BCUT2D eigenvalue weighted by Gasteiger charge is 2.21. The van der Waals surface area contributed by atoms with E-state index in [0.29, 0.717) is 41.1 Å². The van der Waals surface area contributed by atoms with Crippen LogP contribution in [-0.4, -0.2) is 46.4 Å². The van der Waals surface area contributed by atoms with E-state index in [4.69, 9.17) is 4.98 Å². The molecule has 1 aliphatic rings. The summed E-state index contributed by atoms with van der Waals surface area (Å²) in [4.78, 5) is 19.5. The maximum atomic E-state index is 14.5. The Labute approximate surface area is 184 Å². The van der Waals surface area contributed by atoms with Crippen molar-refractivity contribution in [3.8, 4) is 22.4 Å². The average Bonchev–Trinajstić information content (AvgIpc) is 3.15. The molecule has 0 saturated carbocycles. The second-order valence-electron chi connectivity index (χ2n) is 7.90. The van der Waals surface area contributed by atoms with Crippen molar-refractivity contribution >= 4 is 11.6 Å². The van der Waals surface area contributed by atoms with Crippen molar-refractivity contribution in [3.63, 3.8) is 0 Å². The van der Waals surface area contributed by atoms with Gasteiger partial charge in [0.15, 0.2) is 0 Å². The van der Waals surface area contributed by atoms with Crippen LogP contribution in [0.3, 0.4) is 0 Å². The second-order valence-corrected chi connectivity index (χ2v) is 7.90. The molecule has 0 spiro atoms. The highest BCUT2D eigenvalue weighted by molar-refractivity contribution is 5.95. The van der Waals surface area contributed by atoms with Crippen LogP contribution in [0, 0.1) is 18.6 Å². The second kappa shape index (κ2) is 8.16. The molecule has 5 nitrogen and oxygen atoms in total. The zero-order valence-corrected chi connectivity index (χ0v) is 17.6. The van der Waals surface area contributed by atoms with Crippen molar-refractivity contribution in [1.82, 2.24) is 19.6 Å². The fourth-order valence-electron chi connectivity index (χ4n) is 4.24. The van der Waals surface area contributed by atoms with Crippen molar-refractivity contribution in [2.45, 2.75) is 6.92 Å². The van der Waals surface area contributed by atoms with Gasteiger partial charge in [-0.15, -0.1) is 0 Å². The van der Waals surface area contributed by atoms with Crippen LogP contribution < -0.4 is 5.32 Å². The summed E-state index contributed by atoms with van der Waals surface area (Å²) in [6.07, 6.45) is 1.84. The number of nitrogens with one attached hydrogen (secondary N) is 1. The third kappa shape index (κ3) is 3.54. The first-order valence-electron chi connectivity index (χ1n) is 10.6. The zero-order chi connectivity index (χ0) is 22.2. The molecule has 1 saturated heterocycles. The van der Waals surface area contributed by atoms with Gasteiger partial charge in [-0.2, -0.15) is 0 Å². The van der Waals surface area contributed by atoms with Crippen molar-refractivity contribution < 1.29 is 13.6 Å². The Hall–Kier alpha value is -3.58. The molecule has 1 N–H and O–H groups in total. The van der Waals surface area contributed by atoms with E-state index in [1.54, 1.807) is 18.2 Å². The standard InChI is InChI=1S/C25H22F2N4O/c1-16-24(21-5-3-2-4-19(21)20-7-6-18(26)15-22(20)27)29-23-14-17(8-11-31(16)23)25(32)30-12-9-28-10-13-30/h2-8,11,14-15,28H,9-10,12-13H2,1H3. The summed E-state index contributed by atoms with van der Waals surface area (Å²) >= 11 is 0. The van der Waals surface area contributed by atoms with Gasteiger partial charge in [0, 0.05) is 60.8 Å². The van der Waals surface area contributed by atoms with E-state index in [9.17, 15) is 13.6 Å². The van der Waals surface area contributed by atoms with E-state index in [2.05, 4.69) is 5.32 Å². The number of hydrogen-bond acceptors (Lipinski definition) is 3. The molecule has 1 fully saturated rings. The number of imidazole rings is 1. The van der Waals surface area contributed by atoms with E-state index in [1.165, 1.54) is 12.1 Å². The molecule has 1 amide bonds. The minimum absolute atomic E-state index is 0.00927. The smallest absolute Gasteiger partial charge is 0.254 e. The zero-order valence-electron chi connectivity index (χ0n) is 17.6. The van der Waals surface area contributed by atoms with Gasteiger partial charge < -0.3 is 14.6 Å². The largest absolute Gasteiger partial charge is 0.336 e. The topological polar surface area (TPSA) is 49.6 Å². The number of nitrogens with zero attached hydrogens (tertiary/aromatic N) is 3. The van der Waals surface area contributed by atoms with Crippen LogP contribution in [0.15, 0.2) is 60.8 Å². The van der Waals surface area contributed by atoms with Gasteiger partial charge in [-0.3, -0.25) is 4.79 Å². The van der Waals surface area contributed by atoms with E-state index >= 15 is 0 Å². The van der Waals surface area contributed by atoms with Gasteiger partial charge in [-0.25, -0.2) is 13.8 Å². The molecular formula is C25H22F2N4O. The molecule has 7 heteroatoms. The van der Waals surface area contributed by atoms with Crippen LogP contribution in [0.25, 0.3) is 28.0 Å². The highest BCUT2D eigenvalue weighted by atomic mass is 19.1. The third-order valence-corrected chi connectivity index (χ3v) is 5.92. The van der Waals surface area contributed by atoms with Crippen molar-refractivity contribution in [1.29, 1.82) is 0 Å². The lowest BCUT2D eigenvalue weighted by atomic mass is 9.96. The fraction of sp³-hybridized carbons (Fsp3) is 0.200. The fourth-order valence-corrected chi connectivity index (χ4v) is 4.24. The van der Waals surface area contributed by atoms with E-state index in [-0.39, 0.29) is 5.91 Å². The molecule has 3 heterocycles. The molecule has 2 aromatic carbocycles. The van der Waals surface area contributed by atoms with Crippen molar-refractivity contribution in [2.24, 2.45) is 0 Å². The third-order valence-electron chi connectivity index (χ3n) is 5.92. The quantitative estimate of drug-likeness (QED) is 0.525. The summed E-state index contributed by atoms with van der Waals surface area (Å²) in [5, 5.41) is 3.25. The predicted molar refractivity (Wildman–Crippen MR) is 119 cm³/mol. The summed E-state index contributed by atoms with van der Waals surface area (Å²) in [5.74, 6) is -1.25. The number of rotatable bonds is 3. The Kier molecular flexibility index (Phi) is 5.19. The molecule has 0 radical (unpaired) electrons. The Balaban J connectivity index is 1.58. The number of benzene rings is 2. The van der Waals surface area contributed by atoms with Crippen molar-refractivity contribution in [3.05, 3.63) is 83.7 Å². The number of aromatic nitrogens is 2. The van der Waals surface area contributed by atoms with Gasteiger partial charge in [0.1, 0.15) is 17.3 Å². The first kappa shape index (κ1) is 20.3. The van der Waals surface area contributed by atoms with Crippen LogP contribution in [0.2, 0.25) is 0 Å². The summed E-state index contributed by atoms with van der Waals surface area (Å²) < 4.78 is 29.9. The molecule has 2 aromatic heterocycles. The first-order valence-corrected chi connectivity index (χ1v) is 10.6. The van der Waals surface area contributed by atoms with Gasteiger partial charge in [0.25, 0.3) is 5.91 Å². The molecule has 32 heavy (non-hydrogen) atoms. The lowest BCUT2D eigenvalue weighted by Gasteiger charge is -2.27. The van der Waals surface area contributed by atoms with Gasteiger partial charge >= 0.3 is 0 Å². The summed E-state index contributed by atoms with van der Waals surface area (Å²) in [7, 11) is 0. The Bertz CT molecular complexity index is 1330. The Morgan fingerprint density at radius 3 is 2.47 bits per heavy atom. The van der Waals surface area contributed by atoms with Gasteiger partial charge in [-0.05, 0) is 36.8 Å². The molecule has 0 aliphatic carbocycles. The highest BCUT2D eigenvalue weighted by Crippen LogP contribution is 2.35. The number of carbonyl (C=O) groups excluding carboxylic acids is 1. The number of amides is 1. The monoisotopic (exact) mass is 432 g/mol. The Morgan fingerprint density at radius 2 is 1.72 bits per heavy atom. The number of piperazine rings is 1. The molecular weight excluding hydrogens is 410 g/mol. The predicted octanol–water partition coefficient (Wildman–Crippen LogP) is 4.30. The summed E-state index contributed by atoms with van der Waals surface area (Å²) in [5.41, 5.74) is 4.49. The SMILES string of the molecule is Cc1c(-c2ccccc2-c2ccc(F)cc2F)nc2cc(C(=O)N3CCNCC3)ccn12. The van der Waals surface area contributed by atoms with Crippen molar-refractivity contribution in [2.75, 3.05) is 26.2 Å². The van der Waals surface area contributed by atoms with E-state index in [0.717, 1.165) is 30.4 Å². The van der Waals surface area contributed by atoms with Gasteiger partial charge in [0.05, 0.1) is 5.69 Å². The van der Waals surface area contributed by atoms with Crippen LogP contribution in [-0.2, 0) is 0 Å². The summed E-state index contributed by atoms with van der Waals surface area (Å²) in [6, 6.07) is 14.5. The van der Waals surface area contributed by atoms with E-state index < -0.39 is 11.6 Å². The lowest BCUT2D eigenvalue weighted by Crippen LogP contribution is -2.46. The van der Waals surface area contributed by atoms with Crippen LogP contribution >= 0.6 is 0 Å². The van der Waals surface area contributed by atoms with Crippen LogP contribution in [0.1, 0.15) is 16.1 Å². The molecule has 1 aliphatic heterocycles. The number of carbonyl (C=O) groups is 1. The number of pyridine rings is 1. The minimum Gasteiger partial charge on any atom is -0.336 e. The maximum absolute atomic E-state index is 14.5. The number of aryl methyl sites for hydroxylation is 1. The number of halogens is 2. The minimum atomic E-state index is -0.622. The molecule has 0 unspecified atom stereocenters. The molecule has 4 aromatic rings. The number of fused-ring (bicyclic) bond motifs is 1. The first-order chi connectivity index (χ1) is 15.5. The maximum Gasteiger partial charge on any atom is 0.254 e. The van der Waals surface area contributed by atoms with Gasteiger partial charge in [0.2, 0.25) is 0 Å². The molecule has 0 atom stereocenters. The summed E-state index contributed by atoms with van der Waals surface area (Å²) in [6.45, 7) is 4.87. The Morgan fingerprint density at radius 1 is 0.969 bits per heavy atom. The van der Waals surface area contributed by atoms with Crippen LogP contribution in [0.5, 0.6) is 0 Å². The van der Waals surface area contributed by atoms with Gasteiger partial charge in [-0.1, -0.05) is 24.3 Å². The molecule has 0 bridgehead atoms. The number of hydrogen-bond donors (Lipinski definition) is 1. The molecule has 5 rings (SSSR count). The molecule has 162 valence electrons. The normalized spacial score (nSPS) is 14.2. The average molecular weight is 432 g/mol.